The fraction of sp³-hybridized carbons (Fsp3) is 0.458. The number of carbonyl (C=O) groups is 1. The van der Waals surface area contributed by atoms with Gasteiger partial charge < -0.3 is 9.80 Å². The Labute approximate surface area is 201 Å². The highest BCUT2D eigenvalue weighted by Gasteiger charge is 2.41. The van der Waals surface area contributed by atoms with Gasteiger partial charge in [-0.25, -0.2) is 9.97 Å². The van der Waals surface area contributed by atoms with Gasteiger partial charge in [-0.3, -0.25) is 9.69 Å². The van der Waals surface area contributed by atoms with E-state index in [-0.39, 0.29) is 23.0 Å². The smallest absolute Gasteiger partial charge is 0.360 e. The van der Waals surface area contributed by atoms with E-state index >= 15 is 0 Å². The zero-order valence-corrected chi connectivity index (χ0v) is 19.3. The summed E-state index contributed by atoms with van der Waals surface area (Å²) in [5.41, 5.74) is 1.57. The molecule has 0 aliphatic carbocycles. The molecule has 2 saturated heterocycles. The molecule has 0 saturated carbocycles. The first kappa shape index (κ1) is 23.1. The normalized spacial score (nSPS) is 23.2. The van der Waals surface area contributed by atoms with Crippen molar-refractivity contribution in [3.8, 4) is 0 Å². The quantitative estimate of drug-likeness (QED) is 0.644. The van der Waals surface area contributed by atoms with Crippen molar-refractivity contribution < 1.29 is 18.0 Å². The van der Waals surface area contributed by atoms with Crippen LogP contribution in [0.15, 0.2) is 43.0 Å². The Kier molecular flexibility index (Phi) is 6.24. The van der Waals surface area contributed by atoms with E-state index in [4.69, 9.17) is 11.6 Å². The van der Waals surface area contributed by atoms with E-state index < -0.39 is 11.7 Å². The molecule has 2 fully saturated rings. The molecule has 5 rings (SSSR count). The Balaban J connectivity index is 1.19. The maximum Gasteiger partial charge on any atom is 0.417 e. The number of alkyl halides is 3. The zero-order valence-electron chi connectivity index (χ0n) is 18.5. The molecule has 4 heterocycles. The number of anilines is 1. The molecule has 2 atom stereocenters. The van der Waals surface area contributed by atoms with Crippen LogP contribution in [0.1, 0.15) is 30.4 Å². The Hall–Kier alpha value is -2.65. The molecule has 1 amide bonds. The van der Waals surface area contributed by atoms with E-state index in [1.54, 1.807) is 6.07 Å². The highest BCUT2D eigenvalue weighted by molar-refractivity contribution is 6.31. The molecule has 2 unspecified atom stereocenters. The predicted molar refractivity (Wildman–Crippen MR) is 123 cm³/mol. The fourth-order valence-electron chi connectivity index (χ4n) is 5.30. The van der Waals surface area contributed by atoms with Crippen LogP contribution >= 0.6 is 11.6 Å². The van der Waals surface area contributed by atoms with Crippen LogP contribution in [0.3, 0.4) is 0 Å². The Morgan fingerprint density at radius 2 is 1.82 bits per heavy atom. The van der Waals surface area contributed by atoms with Gasteiger partial charge in [0.05, 0.1) is 35.2 Å². The van der Waals surface area contributed by atoms with E-state index in [9.17, 15) is 18.0 Å². The van der Waals surface area contributed by atoms with Crippen molar-refractivity contribution in [3.63, 3.8) is 0 Å². The highest BCUT2D eigenvalue weighted by atomic mass is 35.5. The summed E-state index contributed by atoms with van der Waals surface area (Å²) in [5.74, 6) is 0.101. The van der Waals surface area contributed by atoms with E-state index in [0.29, 0.717) is 44.7 Å². The summed E-state index contributed by atoms with van der Waals surface area (Å²) in [5, 5.41) is -0.297. The maximum atomic E-state index is 13.2. The Morgan fingerprint density at radius 1 is 1.12 bits per heavy atom. The van der Waals surface area contributed by atoms with Crippen molar-refractivity contribution in [1.82, 2.24) is 19.8 Å². The third-order valence-corrected chi connectivity index (χ3v) is 7.30. The first-order valence-electron chi connectivity index (χ1n) is 11.4. The van der Waals surface area contributed by atoms with Crippen molar-refractivity contribution in [2.45, 2.75) is 37.5 Å². The van der Waals surface area contributed by atoms with Gasteiger partial charge in [0.15, 0.2) is 0 Å². The molecule has 1 aromatic heterocycles. The number of halogens is 4. The number of piperazine rings is 1. The second kappa shape index (κ2) is 9.19. The first-order valence-corrected chi connectivity index (χ1v) is 11.8. The number of fused-ring (bicyclic) bond motifs is 2. The van der Waals surface area contributed by atoms with Crippen molar-refractivity contribution in [2.75, 3.05) is 37.6 Å². The minimum absolute atomic E-state index is 0.101. The third-order valence-electron chi connectivity index (χ3n) is 6.97. The fourth-order valence-corrected chi connectivity index (χ4v) is 5.53. The number of benzene rings is 1. The molecule has 2 bridgehead atoms. The number of rotatable bonds is 4. The minimum Gasteiger partial charge on any atom is -0.360 e. The average Bonchev–Trinajstić information content (AvgIpc) is 3.09. The van der Waals surface area contributed by atoms with Gasteiger partial charge in [-0.2, -0.15) is 13.2 Å². The van der Waals surface area contributed by atoms with Crippen LogP contribution in [-0.4, -0.2) is 70.5 Å². The largest absolute Gasteiger partial charge is 0.417 e. The summed E-state index contributed by atoms with van der Waals surface area (Å²) < 4.78 is 39.6. The Morgan fingerprint density at radius 3 is 2.44 bits per heavy atom. The first-order chi connectivity index (χ1) is 16.3. The van der Waals surface area contributed by atoms with Gasteiger partial charge in [-0.15, -0.1) is 0 Å². The number of hydrogen-bond acceptors (Lipinski definition) is 5. The predicted octanol–water partition coefficient (Wildman–Crippen LogP) is 4.12. The van der Waals surface area contributed by atoms with Crippen molar-refractivity contribution in [3.05, 3.63) is 59.1 Å². The molecule has 0 spiro atoms. The number of aromatic nitrogens is 2. The van der Waals surface area contributed by atoms with Crippen molar-refractivity contribution in [1.29, 1.82) is 0 Å². The third kappa shape index (κ3) is 4.63. The number of nitrogens with zero attached hydrogens (tertiary/aromatic N) is 5. The van der Waals surface area contributed by atoms with Gasteiger partial charge >= 0.3 is 6.18 Å². The van der Waals surface area contributed by atoms with Gasteiger partial charge in [-0.05, 0) is 42.5 Å². The molecule has 6 nitrogen and oxygen atoms in total. The van der Waals surface area contributed by atoms with Crippen LogP contribution in [0.2, 0.25) is 5.02 Å². The molecule has 180 valence electrons. The lowest BCUT2D eigenvalue weighted by Crippen LogP contribution is -2.57. The maximum absolute atomic E-state index is 13.2. The van der Waals surface area contributed by atoms with Crippen LogP contribution in [0, 0.1) is 0 Å². The number of likely N-dealkylation sites (tertiary alicyclic amines) is 1. The van der Waals surface area contributed by atoms with E-state index in [0.717, 1.165) is 30.2 Å². The molecule has 2 aromatic rings. The van der Waals surface area contributed by atoms with Crippen LogP contribution < -0.4 is 4.90 Å². The summed E-state index contributed by atoms with van der Waals surface area (Å²) in [7, 11) is 0. The molecule has 10 heteroatoms. The number of hydrogen-bond donors (Lipinski definition) is 0. The van der Waals surface area contributed by atoms with Crippen LogP contribution in [0.4, 0.5) is 18.9 Å². The van der Waals surface area contributed by atoms with Crippen molar-refractivity contribution in [2.24, 2.45) is 0 Å². The summed E-state index contributed by atoms with van der Waals surface area (Å²) in [4.78, 5) is 27.7. The summed E-state index contributed by atoms with van der Waals surface area (Å²) in [6.45, 7) is 2.83. The SMILES string of the molecule is O=C(CN1CC=C(c2ccc(Cl)c(C(F)(F)F)c2)CC1)N1CC2CCC(C1)N2c1cncnc1. The summed E-state index contributed by atoms with van der Waals surface area (Å²) in [6, 6.07) is 4.58. The zero-order chi connectivity index (χ0) is 23.9. The van der Waals surface area contributed by atoms with Gasteiger partial charge in [0.2, 0.25) is 5.91 Å². The molecule has 1 aromatic carbocycles. The molecular weight excluding hydrogens is 467 g/mol. The number of amides is 1. The lowest BCUT2D eigenvalue weighted by Gasteiger charge is -2.42. The van der Waals surface area contributed by atoms with Gasteiger partial charge in [0, 0.05) is 38.3 Å². The second-order valence-electron chi connectivity index (χ2n) is 9.09. The molecule has 0 radical (unpaired) electrons. The number of carbonyl (C=O) groups excluding carboxylic acids is 1. The molecule has 0 N–H and O–H groups in total. The Bertz CT molecular complexity index is 1080. The average molecular weight is 492 g/mol. The van der Waals surface area contributed by atoms with E-state index in [1.807, 2.05) is 28.3 Å². The van der Waals surface area contributed by atoms with Crippen LogP contribution in [0.25, 0.3) is 5.57 Å². The topological polar surface area (TPSA) is 52.6 Å². The lowest BCUT2D eigenvalue weighted by molar-refractivity contribution is -0.137. The molecular formula is C24H25ClF3N5O. The molecule has 3 aliphatic heterocycles. The van der Waals surface area contributed by atoms with Crippen molar-refractivity contribution >= 4 is 28.8 Å². The minimum atomic E-state index is -4.49. The van der Waals surface area contributed by atoms with Gasteiger partial charge in [0.1, 0.15) is 6.33 Å². The molecule has 3 aliphatic rings. The van der Waals surface area contributed by atoms with E-state index in [1.165, 1.54) is 12.4 Å². The second-order valence-corrected chi connectivity index (χ2v) is 9.50. The standard InChI is InChI=1S/C24H25ClF3N5O/c25-22-4-1-17(9-21(22)24(26,27)28)16-5-7-31(8-6-16)14-23(34)32-12-18-2-3-19(13-32)33(18)20-10-29-15-30-11-20/h1,4-5,9-11,15,18-19H,2-3,6-8,12-14H2. The van der Waals surface area contributed by atoms with E-state index in [2.05, 4.69) is 14.9 Å². The molecule has 34 heavy (non-hydrogen) atoms. The monoisotopic (exact) mass is 491 g/mol. The highest BCUT2D eigenvalue weighted by Crippen LogP contribution is 2.37. The van der Waals surface area contributed by atoms with Crippen LogP contribution in [-0.2, 0) is 11.0 Å². The lowest BCUT2D eigenvalue weighted by atomic mass is 9.97. The van der Waals surface area contributed by atoms with Crippen LogP contribution in [0.5, 0.6) is 0 Å². The van der Waals surface area contributed by atoms with Gasteiger partial charge in [0.25, 0.3) is 0 Å². The summed E-state index contributed by atoms with van der Waals surface area (Å²) >= 11 is 5.74. The summed E-state index contributed by atoms with van der Waals surface area (Å²) in [6.07, 6.45) is 5.26. The van der Waals surface area contributed by atoms with Gasteiger partial charge in [-0.1, -0.05) is 23.7 Å².